The fourth-order valence-corrected chi connectivity index (χ4v) is 3.46. The monoisotopic (exact) mass is 514 g/mol. The number of rotatable bonds is 12. The first kappa shape index (κ1) is 28.8. The third kappa shape index (κ3) is 8.60. The molecule has 0 aliphatic carbocycles. The second-order valence-electron chi connectivity index (χ2n) is 8.51. The van der Waals surface area contributed by atoms with Gasteiger partial charge in [0.15, 0.2) is 0 Å². The Morgan fingerprint density at radius 2 is 1.59 bits per heavy atom. The molecule has 0 fully saturated rings. The topological polar surface area (TPSA) is 175 Å². The smallest absolute Gasteiger partial charge is 0.408 e. The molecule has 0 radical (unpaired) electrons. The first-order chi connectivity index (χ1) is 17.5. The summed E-state index contributed by atoms with van der Waals surface area (Å²) in [5, 5.41) is 23.5. The number of amides is 3. The fraction of sp³-hybridized carbons (Fsp3) is 0.360. The Morgan fingerprint density at radius 3 is 2.14 bits per heavy atom. The van der Waals surface area contributed by atoms with Gasteiger partial charge in [-0.25, -0.2) is 14.6 Å². The second-order valence-corrected chi connectivity index (χ2v) is 8.51. The van der Waals surface area contributed by atoms with Crippen molar-refractivity contribution in [2.45, 2.75) is 51.9 Å². The van der Waals surface area contributed by atoms with Crippen LogP contribution in [0.2, 0.25) is 0 Å². The lowest BCUT2D eigenvalue weighted by Crippen LogP contribution is -2.57. The largest absolute Gasteiger partial charge is 0.481 e. The molecule has 37 heavy (non-hydrogen) atoms. The van der Waals surface area contributed by atoms with Crippen molar-refractivity contribution in [3.05, 3.63) is 60.3 Å². The molecule has 12 heteroatoms. The van der Waals surface area contributed by atoms with Crippen LogP contribution in [0.15, 0.2) is 54.7 Å². The second kappa shape index (κ2) is 13.6. The number of pyridine rings is 1. The molecule has 4 N–H and O–H groups in total. The summed E-state index contributed by atoms with van der Waals surface area (Å²) in [5.41, 5.74) is 0.684. The Labute approximate surface area is 213 Å². The Bertz CT molecular complexity index is 1090. The van der Waals surface area contributed by atoms with Gasteiger partial charge in [-0.3, -0.25) is 19.3 Å². The Morgan fingerprint density at radius 1 is 0.946 bits per heavy atom. The number of aliphatic carboxylic acids is 2. The summed E-state index contributed by atoms with van der Waals surface area (Å²) < 4.78 is 5.05. The Kier molecular flexibility index (Phi) is 10.5. The van der Waals surface area contributed by atoms with Crippen molar-refractivity contribution >= 4 is 35.7 Å². The molecule has 0 aliphatic heterocycles. The first-order valence-electron chi connectivity index (χ1n) is 11.5. The van der Waals surface area contributed by atoms with Crippen molar-refractivity contribution in [3.8, 4) is 0 Å². The zero-order valence-corrected chi connectivity index (χ0v) is 20.7. The summed E-state index contributed by atoms with van der Waals surface area (Å²) in [5.74, 6) is -4.82. The predicted octanol–water partition coefficient (Wildman–Crippen LogP) is 1.80. The summed E-state index contributed by atoms with van der Waals surface area (Å²) in [6, 6.07) is 9.23. The number of hydrogen-bond acceptors (Lipinski definition) is 7. The maximum Gasteiger partial charge on any atom is 0.408 e. The van der Waals surface area contributed by atoms with Crippen LogP contribution in [-0.2, 0) is 30.5 Å². The number of ether oxygens (including phenoxy) is 1. The number of nitrogens with zero attached hydrogens (tertiary/aromatic N) is 2. The number of carbonyl (C=O) groups is 5. The molecule has 0 unspecified atom stereocenters. The van der Waals surface area contributed by atoms with Gasteiger partial charge in [-0.15, -0.1) is 0 Å². The highest BCUT2D eigenvalue weighted by Crippen LogP contribution is 2.20. The van der Waals surface area contributed by atoms with Gasteiger partial charge in [-0.1, -0.05) is 50.2 Å². The van der Waals surface area contributed by atoms with Crippen molar-refractivity contribution in [1.82, 2.24) is 15.6 Å². The van der Waals surface area contributed by atoms with Crippen molar-refractivity contribution in [2.75, 3.05) is 4.90 Å². The number of hydrogen-bond donors (Lipinski definition) is 4. The summed E-state index contributed by atoms with van der Waals surface area (Å²) in [7, 11) is 0. The highest BCUT2D eigenvalue weighted by molar-refractivity contribution is 6.03. The third-order valence-corrected chi connectivity index (χ3v) is 5.23. The number of carboxylic acid groups (broad SMARTS) is 2. The van der Waals surface area contributed by atoms with E-state index in [4.69, 9.17) is 4.74 Å². The maximum atomic E-state index is 13.3. The highest BCUT2D eigenvalue weighted by atomic mass is 16.5. The van der Waals surface area contributed by atoms with Crippen LogP contribution in [0, 0.1) is 5.92 Å². The number of aromatic nitrogens is 1. The van der Waals surface area contributed by atoms with E-state index in [2.05, 4.69) is 15.6 Å². The molecule has 0 spiro atoms. The van der Waals surface area contributed by atoms with Crippen molar-refractivity contribution in [1.29, 1.82) is 0 Å². The van der Waals surface area contributed by atoms with E-state index in [-0.39, 0.29) is 12.4 Å². The van der Waals surface area contributed by atoms with E-state index in [1.54, 1.807) is 56.3 Å². The van der Waals surface area contributed by atoms with Crippen LogP contribution in [0.25, 0.3) is 0 Å². The molecule has 0 aliphatic rings. The van der Waals surface area contributed by atoms with Crippen LogP contribution < -0.4 is 15.5 Å². The van der Waals surface area contributed by atoms with Gasteiger partial charge in [-0.05, 0) is 30.5 Å². The summed E-state index contributed by atoms with van der Waals surface area (Å²) in [4.78, 5) is 66.8. The zero-order valence-electron chi connectivity index (χ0n) is 20.7. The number of benzene rings is 1. The number of anilines is 1. The minimum Gasteiger partial charge on any atom is -0.481 e. The zero-order chi connectivity index (χ0) is 27.5. The van der Waals surface area contributed by atoms with Crippen molar-refractivity contribution in [3.63, 3.8) is 0 Å². The molecule has 0 bridgehead atoms. The molecule has 0 saturated heterocycles. The van der Waals surface area contributed by atoms with Crippen molar-refractivity contribution in [2.24, 2.45) is 5.92 Å². The third-order valence-electron chi connectivity index (χ3n) is 5.23. The SMILES string of the molecule is CC(C)[C@@H](C(=O)O)N(C(=O)[C@H](C)NC(=O)[C@H](CC(=O)O)NC(=O)OCc1ccccc1)c1ccccn1. The quantitative estimate of drug-likeness (QED) is 0.329. The minimum atomic E-state index is -1.56. The lowest BCUT2D eigenvalue weighted by Gasteiger charge is -2.33. The van der Waals surface area contributed by atoms with Gasteiger partial charge in [0, 0.05) is 6.20 Å². The predicted molar refractivity (Wildman–Crippen MR) is 131 cm³/mol. The van der Waals surface area contributed by atoms with E-state index in [0.29, 0.717) is 5.56 Å². The molecular weight excluding hydrogens is 484 g/mol. The van der Waals surface area contributed by atoms with Gasteiger partial charge in [0.05, 0.1) is 6.42 Å². The van der Waals surface area contributed by atoms with Crippen LogP contribution >= 0.6 is 0 Å². The number of carbonyl (C=O) groups excluding carboxylic acids is 3. The van der Waals surface area contributed by atoms with E-state index in [1.807, 2.05) is 0 Å². The summed E-state index contributed by atoms with van der Waals surface area (Å²) in [6.45, 7) is 4.47. The standard InChI is InChI=1S/C25H30N4O8/c1-15(2)21(24(34)35)29(19-11-7-8-12-26-19)23(33)16(3)27-22(32)18(13-20(30)31)28-25(36)37-14-17-9-5-4-6-10-17/h4-12,15-16,18,21H,13-14H2,1-3H3,(H,27,32)(H,28,36)(H,30,31)(H,34,35)/t16-,18-,21-/m0/s1. The summed E-state index contributed by atoms with van der Waals surface area (Å²) >= 11 is 0. The van der Waals surface area contributed by atoms with E-state index in [0.717, 1.165) is 4.90 Å². The van der Waals surface area contributed by atoms with Crippen LogP contribution in [0.1, 0.15) is 32.8 Å². The molecule has 1 aromatic heterocycles. The van der Waals surface area contributed by atoms with Crippen molar-refractivity contribution < 1.29 is 38.9 Å². The van der Waals surface area contributed by atoms with Crippen LogP contribution in [0.3, 0.4) is 0 Å². The van der Waals surface area contributed by atoms with Crippen LogP contribution in [-0.4, -0.2) is 63.2 Å². The molecule has 2 aromatic rings. The molecule has 0 saturated carbocycles. The molecule has 1 heterocycles. The van der Waals surface area contributed by atoms with Gasteiger partial charge < -0.3 is 25.6 Å². The van der Waals surface area contributed by atoms with Gasteiger partial charge in [-0.2, -0.15) is 0 Å². The molecule has 198 valence electrons. The average molecular weight is 515 g/mol. The van der Waals surface area contributed by atoms with E-state index >= 15 is 0 Å². The molecule has 2 rings (SSSR count). The first-order valence-corrected chi connectivity index (χ1v) is 11.5. The maximum absolute atomic E-state index is 13.3. The van der Waals surface area contributed by atoms with Gasteiger partial charge in [0.1, 0.15) is 30.6 Å². The number of nitrogens with one attached hydrogen (secondary N) is 2. The Balaban J connectivity index is 2.16. The highest BCUT2D eigenvalue weighted by Gasteiger charge is 2.37. The lowest BCUT2D eigenvalue weighted by atomic mass is 10.0. The van der Waals surface area contributed by atoms with Gasteiger partial charge >= 0.3 is 18.0 Å². The molecule has 12 nitrogen and oxygen atoms in total. The molecular formula is C25H30N4O8. The van der Waals surface area contributed by atoms with Gasteiger partial charge in [0.25, 0.3) is 5.91 Å². The van der Waals surface area contributed by atoms with E-state index in [9.17, 15) is 34.2 Å². The molecule has 1 aromatic carbocycles. The van der Waals surface area contributed by atoms with E-state index in [1.165, 1.54) is 19.2 Å². The van der Waals surface area contributed by atoms with Crippen LogP contribution in [0.5, 0.6) is 0 Å². The molecule has 3 atom stereocenters. The Hall–Kier alpha value is -4.48. The van der Waals surface area contributed by atoms with Gasteiger partial charge in [0.2, 0.25) is 5.91 Å². The average Bonchev–Trinajstić information content (AvgIpc) is 2.85. The number of alkyl carbamates (subject to hydrolysis) is 1. The number of carboxylic acids is 2. The normalized spacial score (nSPS) is 13.1. The minimum absolute atomic E-state index is 0.0689. The summed E-state index contributed by atoms with van der Waals surface area (Å²) in [6.07, 6.45) is -0.405. The van der Waals surface area contributed by atoms with Crippen LogP contribution in [0.4, 0.5) is 10.6 Å². The lowest BCUT2D eigenvalue weighted by molar-refractivity contribution is -0.142. The van der Waals surface area contributed by atoms with E-state index < -0.39 is 60.3 Å². The fourth-order valence-electron chi connectivity index (χ4n) is 3.46. The molecule has 3 amide bonds.